The summed E-state index contributed by atoms with van der Waals surface area (Å²) in [5, 5.41) is 9.07. The van der Waals surface area contributed by atoms with E-state index in [-0.39, 0.29) is 5.57 Å². The average Bonchev–Trinajstić information content (AvgIpc) is 2.62. The van der Waals surface area contributed by atoms with Gasteiger partial charge in [0.25, 0.3) is 0 Å². The lowest BCUT2D eigenvalue weighted by Gasteiger charge is -2.27. The van der Waals surface area contributed by atoms with Crippen molar-refractivity contribution in [3.05, 3.63) is 35.1 Å². The second-order valence-corrected chi connectivity index (χ2v) is 4.53. The molecule has 2 aliphatic rings. The summed E-state index contributed by atoms with van der Waals surface area (Å²) in [7, 11) is 1.57. The second kappa shape index (κ2) is 6.54. The Morgan fingerprint density at radius 2 is 2.16 bits per heavy atom. The third kappa shape index (κ3) is 3.68. The predicted molar refractivity (Wildman–Crippen MR) is 70.8 cm³/mol. The summed E-state index contributed by atoms with van der Waals surface area (Å²) in [4.78, 5) is 13.3. The van der Waals surface area contributed by atoms with Crippen LogP contribution in [-0.4, -0.2) is 55.9 Å². The molecule has 0 amide bonds. The smallest absolute Gasteiger partial charge is 0.335 e. The van der Waals surface area contributed by atoms with Crippen molar-refractivity contribution < 1.29 is 19.4 Å². The molecule has 1 N–H and O–H groups in total. The van der Waals surface area contributed by atoms with Crippen LogP contribution in [0.5, 0.6) is 0 Å². The first-order chi connectivity index (χ1) is 9.20. The van der Waals surface area contributed by atoms with Crippen LogP contribution in [0.25, 0.3) is 0 Å². The summed E-state index contributed by atoms with van der Waals surface area (Å²) in [6.45, 7) is 4.06. The van der Waals surface area contributed by atoms with Gasteiger partial charge in [-0.2, -0.15) is 0 Å². The van der Waals surface area contributed by atoms with E-state index in [2.05, 4.69) is 4.90 Å². The third-order valence-electron chi connectivity index (χ3n) is 3.27. The van der Waals surface area contributed by atoms with Gasteiger partial charge in [-0.05, 0) is 12.5 Å². The molecule has 5 nitrogen and oxygen atoms in total. The van der Waals surface area contributed by atoms with Crippen LogP contribution in [0.3, 0.4) is 0 Å². The van der Waals surface area contributed by atoms with Gasteiger partial charge in [0, 0.05) is 25.2 Å². The highest BCUT2D eigenvalue weighted by molar-refractivity contribution is 5.90. The zero-order valence-corrected chi connectivity index (χ0v) is 11.1. The topological polar surface area (TPSA) is 59.0 Å². The number of rotatable bonds is 4. The number of methoxy groups -OCH3 is 1. The average molecular weight is 265 g/mol. The monoisotopic (exact) mass is 265 g/mol. The van der Waals surface area contributed by atoms with E-state index < -0.39 is 5.97 Å². The molecule has 2 rings (SSSR count). The molecule has 1 saturated heterocycles. The van der Waals surface area contributed by atoms with Crippen molar-refractivity contribution in [2.75, 3.05) is 40.0 Å². The number of hydrogen-bond acceptors (Lipinski definition) is 4. The molecule has 1 heterocycles. The molecule has 1 aliphatic heterocycles. The van der Waals surface area contributed by atoms with Crippen molar-refractivity contribution in [1.29, 1.82) is 0 Å². The first-order valence-corrected chi connectivity index (χ1v) is 6.39. The van der Waals surface area contributed by atoms with E-state index in [4.69, 9.17) is 14.6 Å². The maximum Gasteiger partial charge on any atom is 0.335 e. The Labute approximate surface area is 112 Å². The molecule has 0 radical (unpaired) electrons. The molecule has 0 atom stereocenters. The zero-order chi connectivity index (χ0) is 13.7. The van der Waals surface area contributed by atoms with Gasteiger partial charge >= 0.3 is 5.97 Å². The van der Waals surface area contributed by atoms with Crippen molar-refractivity contribution in [1.82, 2.24) is 4.90 Å². The Bertz CT molecular complexity index is 431. The number of aliphatic carboxylic acids is 1. The number of carbonyl (C=O) groups is 1. The number of carboxylic acid groups (broad SMARTS) is 1. The van der Waals surface area contributed by atoms with Crippen LogP contribution in [0.1, 0.15) is 6.42 Å². The molecule has 19 heavy (non-hydrogen) atoms. The molecular formula is C14H19NO4. The quantitative estimate of drug-likeness (QED) is 0.827. The molecule has 0 unspecified atom stereocenters. The molecule has 1 aliphatic carbocycles. The fourth-order valence-corrected chi connectivity index (χ4v) is 2.20. The Morgan fingerprint density at radius 3 is 2.79 bits per heavy atom. The van der Waals surface area contributed by atoms with Crippen molar-refractivity contribution >= 4 is 5.97 Å². The highest BCUT2D eigenvalue weighted by atomic mass is 16.5. The summed E-state index contributed by atoms with van der Waals surface area (Å²) in [6.07, 6.45) is 5.95. The van der Waals surface area contributed by atoms with E-state index in [0.717, 1.165) is 38.4 Å². The predicted octanol–water partition coefficient (Wildman–Crippen LogP) is 1.19. The highest BCUT2D eigenvalue weighted by Gasteiger charge is 2.17. The fraction of sp³-hybridized carbons (Fsp3) is 0.500. The highest BCUT2D eigenvalue weighted by Crippen LogP contribution is 2.20. The fourth-order valence-electron chi connectivity index (χ4n) is 2.20. The first-order valence-electron chi connectivity index (χ1n) is 6.39. The molecule has 0 spiro atoms. The van der Waals surface area contributed by atoms with Crippen molar-refractivity contribution in [2.24, 2.45) is 0 Å². The molecule has 0 aromatic carbocycles. The van der Waals surface area contributed by atoms with E-state index in [9.17, 15) is 4.79 Å². The Hall–Kier alpha value is -1.59. The molecule has 0 aromatic heterocycles. The lowest BCUT2D eigenvalue weighted by molar-refractivity contribution is -0.132. The minimum atomic E-state index is -0.921. The van der Waals surface area contributed by atoms with Crippen molar-refractivity contribution in [3.8, 4) is 0 Å². The summed E-state index contributed by atoms with van der Waals surface area (Å²) in [5.41, 5.74) is 1.32. The van der Waals surface area contributed by atoms with Gasteiger partial charge in [0.05, 0.1) is 25.9 Å². The van der Waals surface area contributed by atoms with E-state index in [0.29, 0.717) is 12.2 Å². The second-order valence-electron chi connectivity index (χ2n) is 4.53. The van der Waals surface area contributed by atoms with Gasteiger partial charge in [-0.3, -0.25) is 4.90 Å². The Morgan fingerprint density at radius 1 is 1.42 bits per heavy atom. The Balaban J connectivity index is 2.09. The van der Waals surface area contributed by atoms with Crippen molar-refractivity contribution in [2.45, 2.75) is 6.42 Å². The van der Waals surface area contributed by atoms with Crippen LogP contribution in [-0.2, 0) is 14.3 Å². The van der Waals surface area contributed by atoms with E-state index >= 15 is 0 Å². The zero-order valence-electron chi connectivity index (χ0n) is 11.1. The lowest BCUT2D eigenvalue weighted by Crippen LogP contribution is -2.37. The van der Waals surface area contributed by atoms with Crippen LogP contribution in [0, 0.1) is 0 Å². The normalized spacial score (nSPS) is 21.0. The summed E-state index contributed by atoms with van der Waals surface area (Å²) in [5.74, 6) is -0.284. The molecule has 0 saturated carbocycles. The maximum absolute atomic E-state index is 11.0. The van der Waals surface area contributed by atoms with Gasteiger partial charge in [0.1, 0.15) is 5.76 Å². The van der Waals surface area contributed by atoms with Crippen LogP contribution < -0.4 is 0 Å². The molecule has 5 heteroatoms. The molecular weight excluding hydrogens is 246 g/mol. The number of carboxylic acids is 1. The maximum atomic E-state index is 11.0. The third-order valence-corrected chi connectivity index (χ3v) is 3.27. The molecule has 0 bridgehead atoms. The van der Waals surface area contributed by atoms with E-state index in [1.54, 1.807) is 19.3 Å². The van der Waals surface area contributed by atoms with Crippen LogP contribution in [0.2, 0.25) is 0 Å². The van der Waals surface area contributed by atoms with Gasteiger partial charge in [-0.1, -0.05) is 12.2 Å². The van der Waals surface area contributed by atoms with Gasteiger partial charge < -0.3 is 14.6 Å². The summed E-state index contributed by atoms with van der Waals surface area (Å²) in [6, 6.07) is 0. The molecule has 1 fully saturated rings. The number of nitrogens with zero attached hydrogens (tertiary/aromatic N) is 1. The minimum Gasteiger partial charge on any atom is -0.496 e. The largest absolute Gasteiger partial charge is 0.496 e. The SMILES string of the molecule is COC1=CC(C(=O)O)=CCC=C1CN1CCOCC1. The van der Waals surface area contributed by atoms with Crippen LogP contribution >= 0.6 is 0 Å². The van der Waals surface area contributed by atoms with Crippen LogP contribution in [0.4, 0.5) is 0 Å². The van der Waals surface area contributed by atoms with Crippen molar-refractivity contribution in [3.63, 3.8) is 0 Å². The van der Waals surface area contributed by atoms with E-state index in [1.165, 1.54) is 0 Å². The number of allylic oxidation sites excluding steroid dienone is 2. The van der Waals surface area contributed by atoms with E-state index in [1.807, 2.05) is 6.08 Å². The van der Waals surface area contributed by atoms with Gasteiger partial charge in [-0.25, -0.2) is 4.79 Å². The van der Waals surface area contributed by atoms with Gasteiger partial charge in [-0.15, -0.1) is 0 Å². The molecule has 0 aromatic rings. The molecule has 104 valence electrons. The standard InChI is InChI=1S/C14H19NO4/c1-18-13-9-11(14(16)17)3-2-4-12(13)10-15-5-7-19-8-6-15/h3-4,9H,2,5-8,10H2,1H3,(H,16,17). The summed E-state index contributed by atoms with van der Waals surface area (Å²) >= 11 is 0. The van der Waals surface area contributed by atoms with Gasteiger partial charge in [0.15, 0.2) is 0 Å². The lowest BCUT2D eigenvalue weighted by atomic mass is 10.1. The number of ether oxygens (including phenoxy) is 2. The van der Waals surface area contributed by atoms with Crippen LogP contribution in [0.15, 0.2) is 35.1 Å². The Kier molecular flexibility index (Phi) is 4.76. The summed E-state index contributed by atoms with van der Waals surface area (Å²) < 4.78 is 10.7. The van der Waals surface area contributed by atoms with Gasteiger partial charge in [0.2, 0.25) is 0 Å². The number of morpholine rings is 1. The minimum absolute atomic E-state index is 0.282. The first kappa shape index (κ1) is 13.8. The number of hydrogen-bond donors (Lipinski definition) is 1.